The fourth-order valence-electron chi connectivity index (χ4n) is 2.71. The molecule has 1 aliphatic heterocycles. The number of rotatable bonds is 0. The normalized spacial score (nSPS) is 18.1. The van der Waals surface area contributed by atoms with Crippen molar-refractivity contribution in [3.8, 4) is 0 Å². The largest absolute Gasteiger partial charge is 0.462 e. The Morgan fingerprint density at radius 2 is 2.00 bits per heavy atom. The number of benzene rings is 1. The van der Waals surface area contributed by atoms with Crippen molar-refractivity contribution in [3.05, 3.63) is 33.9 Å². The molecule has 0 spiro atoms. The van der Waals surface area contributed by atoms with Crippen LogP contribution in [-0.4, -0.2) is 18.4 Å². The second-order valence-electron chi connectivity index (χ2n) is 4.37. The SMILES string of the molecule is Cc1c2c(cc3c1C(=O)CC3)C(=O)OCC2. The van der Waals surface area contributed by atoms with Crippen LogP contribution in [0.2, 0.25) is 0 Å². The van der Waals surface area contributed by atoms with Gasteiger partial charge < -0.3 is 4.74 Å². The number of ether oxygens (including phenoxy) is 1. The van der Waals surface area contributed by atoms with Crippen LogP contribution in [-0.2, 0) is 17.6 Å². The highest BCUT2D eigenvalue weighted by molar-refractivity contribution is 6.04. The highest BCUT2D eigenvalue weighted by Gasteiger charge is 2.29. The number of carbonyl (C=O) groups excluding carboxylic acids is 2. The average Bonchev–Trinajstić information content (AvgIpc) is 2.63. The topological polar surface area (TPSA) is 43.4 Å². The molecule has 0 saturated carbocycles. The van der Waals surface area contributed by atoms with Gasteiger partial charge in [-0.2, -0.15) is 0 Å². The summed E-state index contributed by atoms with van der Waals surface area (Å²) in [6.45, 7) is 2.37. The third-order valence-electron chi connectivity index (χ3n) is 3.50. The monoisotopic (exact) mass is 216 g/mol. The molecular formula is C13H12O3. The smallest absolute Gasteiger partial charge is 0.338 e. The van der Waals surface area contributed by atoms with E-state index in [1.54, 1.807) is 0 Å². The lowest BCUT2D eigenvalue weighted by molar-refractivity contribution is 0.0479. The Morgan fingerprint density at radius 1 is 1.19 bits per heavy atom. The number of Topliss-reactive ketones (excluding diaryl/α,β-unsaturated/α-hetero) is 1. The molecule has 0 radical (unpaired) electrons. The molecule has 0 atom stereocenters. The van der Waals surface area contributed by atoms with Gasteiger partial charge in [-0.15, -0.1) is 0 Å². The number of ketones is 1. The van der Waals surface area contributed by atoms with Crippen molar-refractivity contribution >= 4 is 11.8 Å². The molecule has 3 nitrogen and oxygen atoms in total. The van der Waals surface area contributed by atoms with Gasteiger partial charge in [0.15, 0.2) is 5.78 Å². The molecular weight excluding hydrogens is 204 g/mol. The van der Waals surface area contributed by atoms with Crippen LogP contribution < -0.4 is 0 Å². The van der Waals surface area contributed by atoms with Gasteiger partial charge in [-0.05, 0) is 36.1 Å². The lowest BCUT2D eigenvalue weighted by Gasteiger charge is -2.19. The molecule has 1 aliphatic carbocycles. The van der Waals surface area contributed by atoms with Gasteiger partial charge >= 0.3 is 5.97 Å². The second-order valence-corrected chi connectivity index (χ2v) is 4.37. The van der Waals surface area contributed by atoms with Crippen LogP contribution in [0.25, 0.3) is 0 Å². The zero-order valence-electron chi connectivity index (χ0n) is 9.13. The van der Waals surface area contributed by atoms with Crippen LogP contribution in [0.4, 0.5) is 0 Å². The molecule has 0 bridgehead atoms. The van der Waals surface area contributed by atoms with Crippen molar-refractivity contribution in [2.45, 2.75) is 26.2 Å². The zero-order valence-corrected chi connectivity index (χ0v) is 9.13. The van der Waals surface area contributed by atoms with Crippen molar-refractivity contribution in [2.75, 3.05) is 6.61 Å². The molecule has 0 amide bonds. The van der Waals surface area contributed by atoms with E-state index in [2.05, 4.69) is 0 Å². The Labute approximate surface area is 93.4 Å². The van der Waals surface area contributed by atoms with E-state index in [4.69, 9.17) is 4.74 Å². The Hall–Kier alpha value is -1.64. The first-order chi connectivity index (χ1) is 7.68. The molecule has 0 unspecified atom stereocenters. The van der Waals surface area contributed by atoms with Crippen molar-refractivity contribution in [1.82, 2.24) is 0 Å². The fourth-order valence-corrected chi connectivity index (χ4v) is 2.71. The summed E-state index contributed by atoms with van der Waals surface area (Å²) in [4.78, 5) is 23.3. The van der Waals surface area contributed by atoms with Gasteiger partial charge in [0.25, 0.3) is 0 Å². The minimum absolute atomic E-state index is 0.217. The van der Waals surface area contributed by atoms with E-state index in [-0.39, 0.29) is 11.8 Å². The lowest BCUT2D eigenvalue weighted by Crippen LogP contribution is -2.20. The van der Waals surface area contributed by atoms with E-state index in [1.165, 1.54) is 0 Å². The minimum Gasteiger partial charge on any atom is -0.462 e. The Morgan fingerprint density at radius 3 is 2.81 bits per heavy atom. The predicted molar refractivity (Wildman–Crippen MR) is 57.8 cm³/mol. The average molecular weight is 216 g/mol. The van der Waals surface area contributed by atoms with Crippen LogP contribution in [0, 0.1) is 6.92 Å². The maximum atomic E-state index is 11.7. The molecule has 16 heavy (non-hydrogen) atoms. The van der Waals surface area contributed by atoms with Crippen molar-refractivity contribution in [1.29, 1.82) is 0 Å². The van der Waals surface area contributed by atoms with Gasteiger partial charge in [-0.1, -0.05) is 0 Å². The quantitative estimate of drug-likeness (QED) is 0.621. The van der Waals surface area contributed by atoms with E-state index in [9.17, 15) is 9.59 Å². The number of aryl methyl sites for hydroxylation is 1. The maximum absolute atomic E-state index is 11.7. The number of esters is 1. The molecule has 1 heterocycles. The van der Waals surface area contributed by atoms with Crippen LogP contribution in [0.5, 0.6) is 0 Å². The number of hydrogen-bond donors (Lipinski definition) is 0. The summed E-state index contributed by atoms with van der Waals surface area (Å²) >= 11 is 0. The predicted octanol–water partition coefficient (Wildman–Crippen LogP) is 1.84. The molecule has 0 N–H and O–H groups in total. The van der Waals surface area contributed by atoms with Crippen LogP contribution in [0.3, 0.4) is 0 Å². The highest BCUT2D eigenvalue weighted by atomic mass is 16.5. The van der Waals surface area contributed by atoms with Crippen molar-refractivity contribution < 1.29 is 14.3 Å². The summed E-state index contributed by atoms with van der Waals surface area (Å²) in [6.07, 6.45) is 2.07. The molecule has 1 aromatic rings. The maximum Gasteiger partial charge on any atom is 0.338 e. The Kier molecular flexibility index (Phi) is 1.90. The first kappa shape index (κ1) is 9.58. The van der Waals surface area contributed by atoms with Gasteiger partial charge in [0, 0.05) is 18.4 Å². The first-order valence-electron chi connectivity index (χ1n) is 5.54. The molecule has 82 valence electrons. The molecule has 3 heteroatoms. The van der Waals surface area contributed by atoms with Crippen LogP contribution >= 0.6 is 0 Å². The third-order valence-corrected chi connectivity index (χ3v) is 3.50. The summed E-state index contributed by atoms with van der Waals surface area (Å²) in [5.41, 5.74) is 4.53. The summed E-state index contributed by atoms with van der Waals surface area (Å²) in [5.74, 6) is -0.0271. The summed E-state index contributed by atoms with van der Waals surface area (Å²) in [7, 11) is 0. The summed E-state index contributed by atoms with van der Waals surface area (Å²) in [6, 6.07) is 1.85. The number of fused-ring (bicyclic) bond motifs is 2. The first-order valence-corrected chi connectivity index (χ1v) is 5.54. The van der Waals surface area contributed by atoms with Crippen LogP contribution in [0.1, 0.15) is 43.8 Å². The molecule has 0 fully saturated rings. The standard InChI is InChI=1S/C13H12O3/c1-7-9-4-5-16-13(15)10(9)6-8-2-3-11(14)12(7)8/h6H,2-5H2,1H3. The van der Waals surface area contributed by atoms with Gasteiger partial charge in [0.05, 0.1) is 12.2 Å². The van der Waals surface area contributed by atoms with Crippen molar-refractivity contribution in [2.24, 2.45) is 0 Å². The summed E-state index contributed by atoms with van der Waals surface area (Å²) < 4.78 is 5.02. The molecule has 0 aromatic heterocycles. The highest BCUT2D eigenvalue weighted by Crippen LogP contribution is 2.32. The Balaban J connectivity index is 2.29. The number of cyclic esters (lactones) is 1. The van der Waals surface area contributed by atoms with Crippen LogP contribution in [0.15, 0.2) is 6.07 Å². The fraction of sp³-hybridized carbons (Fsp3) is 0.385. The third kappa shape index (κ3) is 1.14. The summed E-state index contributed by atoms with van der Waals surface area (Å²) in [5, 5.41) is 0. The van der Waals surface area contributed by atoms with E-state index < -0.39 is 0 Å². The van der Waals surface area contributed by atoms with E-state index >= 15 is 0 Å². The Bertz CT molecular complexity index is 514. The zero-order chi connectivity index (χ0) is 11.3. The number of carbonyl (C=O) groups is 2. The van der Waals surface area contributed by atoms with Gasteiger partial charge in [0.2, 0.25) is 0 Å². The molecule has 3 rings (SSSR count). The van der Waals surface area contributed by atoms with Gasteiger partial charge in [-0.25, -0.2) is 4.79 Å². The van der Waals surface area contributed by atoms with Gasteiger partial charge in [-0.3, -0.25) is 4.79 Å². The molecule has 0 saturated heterocycles. The van der Waals surface area contributed by atoms with E-state index in [0.717, 1.165) is 35.1 Å². The van der Waals surface area contributed by atoms with E-state index in [0.29, 0.717) is 18.6 Å². The second kappa shape index (κ2) is 3.17. The lowest BCUT2D eigenvalue weighted by atomic mass is 9.91. The number of hydrogen-bond acceptors (Lipinski definition) is 3. The molecule has 1 aromatic carbocycles. The van der Waals surface area contributed by atoms with Gasteiger partial charge in [0.1, 0.15) is 0 Å². The van der Waals surface area contributed by atoms with E-state index in [1.807, 2.05) is 13.0 Å². The minimum atomic E-state index is -0.244. The van der Waals surface area contributed by atoms with Crippen molar-refractivity contribution in [3.63, 3.8) is 0 Å². The molecule has 2 aliphatic rings.